The summed E-state index contributed by atoms with van der Waals surface area (Å²) in [5.41, 5.74) is 1.96. The molecule has 1 atom stereocenters. The van der Waals surface area contributed by atoms with Crippen LogP contribution in [0.15, 0.2) is 24.7 Å². The fourth-order valence-corrected chi connectivity index (χ4v) is 3.48. The van der Waals surface area contributed by atoms with Gasteiger partial charge in [0.1, 0.15) is 12.2 Å². The minimum atomic E-state index is 0.183. The maximum absolute atomic E-state index is 12.7. The summed E-state index contributed by atoms with van der Waals surface area (Å²) < 4.78 is 2.22. The number of amides is 1. The van der Waals surface area contributed by atoms with Crippen molar-refractivity contribution in [1.29, 1.82) is 0 Å². The second-order valence-electron chi connectivity index (χ2n) is 6.99. The molecule has 1 saturated carbocycles. The maximum Gasteiger partial charge on any atom is 0.227 e. The van der Waals surface area contributed by atoms with Crippen molar-refractivity contribution in [3.63, 3.8) is 0 Å². The van der Waals surface area contributed by atoms with Gasteiger partial charge in [0, 0.05) is 36.9 Å². The van der Waals surface area contributed by atoms with Gasteiger partial charge in [0.2, 0.25) is 5.91 Å². The zero-order valence-electron chi connectivity index (χ0n) is 14.1. The first-order chi connectivity index (χ1) is 11.7. The van der Waals surface area contributed by atoms with Crippen molar-refractivity contribution in [2.45, 2.75) is 51.0 Å². The third-order valence-electron chi connectivity index (χ3n) is 5.01. The number of carbonyl (C=O) groups excluding carboxylic acids is 1. The Kier molecular flexibility index (Phi) is 4.04. The Morgan fingerprint density at radius 2 is 2.17 bits per heavy atom. The van der Waals surface area contributed by atoms with E-state index < -0.39 is 0 Å². The van der Waals surface area contributed by atoms with Crippen LogP contribution < -0.4 is 0 Å². The summed E-state index contributed by atoms with van der Waals surface area (Å²) >= 11 is 0. The SMILES string of the molecule is Cc1ccc(CC(=O)N2CCC[C@H](c3nncn3C3CC3)C2)cn1. The monoisotopic (exact) mass is 325 g/mol. The summed E-state index contributed by atoms with van der Waals surface area (Å²) in [5.74, 6) is 1.55. The lowest BCUT2D eigenvalue weighted by Crippen LogP contribution is -2.40. The van der Waals surface area contributed by atoms with Crippen LogP contribution >= 0.6 is 0 Å². The molecule has 0 unspecified atom stereocenters. The van der Waals surface area contributed by atoms with E-state index in [9.17, 15) is 4.79 Å². The molecular weight excluding hydrogens is 302 g/mol. The Morgan fingerprint density at radius 1 is 1.29 bits per heavy atom. The zero-order valence-corrected chi connectivity index (χ0v) is 14.1. The summed E-state index contributed by atoms with van der Waals surface area (Å²) in [5, 5.41) is 8.46. The van der Waals surface area contributed by atoms with Gasteiger partial charge in [0.25, 0.3) is 0 Å². The largest absolute Gasteiger partial charge is 0.342 e. The second-order valence-corrected chi connectivity index (χ2v) is 6.99. The van der Waals surface area contributed by atoms with Crippen molar-refractivity contribution in [1.82, 2.24) is 24.6 Å². The predicted octanol–water partition coefficient (Wildman–Crippen LogP) is 2.27. The molecule has 2 aromatic heterocycles. The maximum atomic E-state index is 12.7. The molecule has 3 heterocycles. The number of piperidine rings is 1. The van der Waals surface area contributed by atoms with Crippen LogP contribution in [0.3, 0.4) is 0 Å². The molecule has 6 nitrogen and oxygen atoms in total. The van der Waals surface area contributed by atoms with Gasteiger partial charge in [-0.25, -0.2) is 0 Å². The molecule has 4 rings (SSSR count). The predicted molar refractivity (Wildman–Crippen MR) is 89.5 cm³/mol. The van der Waals surface area contributed by atoms with Crippen LogP contribution in [0.2, 0.25) is 0 Å². The van der Waals surface area contributed by atoms with E-state index in [-0.39, 0.29) is 5.91 Å². The fraction of sp³-hybridized carbons (Fsp3) is 0.556. The van der Waals surface area contributed by atoms with Crippen LogP contribution in [0.1, 0.15) is 54.7 Å². The van der Waals surface area contributed by atoms with Gasteiger partial charge < -0.3 is 9.47 Å². The first kappa shape index (κ1) is 15.3. The van der Waals surface area contributed by atoms with E-state index in [2.05, 4.69) is 19.7 Å². The zero-order chi connectivity index (χ0) is 16.5. The highest BCUT2D eigenvalue weighted by atomic mass is 16.2. The van der Waals surface area contributed by atoms with Crippen molar-refractivity contribution in [3.8, 4) is 0 Å². The number of aryl methyl sites for hydroxylation is 1. The van der Waals surface area contributed by atoms with Gasteiger partial charge in [-0.2, -0.15) is 0 Å². The van der Waals surface area contributed by atoms with Gasteiger partial charge in [-0.1, -0.05) is 6.07 Å². The number of pyridine rings is 1. The molecule has 0 aromatic carbocycles. The number of hydrogen-bond acceptors (Lipinski definition) is 4. The molecule has 0 radical (unpaired) electrons. The first-order valence-electron chi connectivity index (χ1n) is 8.79. The molecule has 6 heteroatoms. The Hall–Kier alpha value is -2.24. The number of aromatic nitrogens is 4. The van der Waals surface area contributed by atoms with Gasteiger partial charge in [0.15, 0.2) is 0 Å². The van der Waals surface area contributed by atoms with Crippen molar-refractivity contribution in [2.75, 3.05) is 13.1 Å². The average molecular weight is 325 g/mol. The van der Waals surface area contributed by atoms with Crippen LogP contribution in [-0.4, -0.2) is 43.6 Å². The molecule has 1 amide bonds. The molecular formula is C18H23N5O. The summed E-state index contributed by atoms with van der Waals surface area (Å²) in [6.07, 6.45) is 8.64. The minimum absolute atomic E-state index is 0.183. The standard InChI is InChI=1S/C18H23N5O/c1-13-4-5-14(10-19-13)9-17(24)22-8-2-3-15(11-22)18-21-20-12-23(18)16-6-7-16/h4-5,10,12,15-16H,2-3,6-9,11H2,1H3/t15-/m0/s1. The second kappa shape index (κ2) is 6.34. The van der Waals surface area contributed by atoms with Gasteiger partial charge in [0.05, 0.1) is 6.42 Å². The number of carbonyl (C=O) groups is 1. The molecule has 1 saturated heterocycles. The average Bonchev–Trinajstić information content (AvgIpc) is 3.33. The Labute approximate surface area is 141 Å². The Balaban J connectivity index is 1.43. The van der Waals surface area contributed by atoms with Gasteiger partial charge >= 0.3 is 0 Å². The lowest BCUT2D eigenvalue weighted by molar-refractivity contribution is -0.131. The van der Waals surface area contributed by atoms with Gasteiger partial charge in [-0.3, -0.25) is 9.78 Å². The third kappa shape index (κ3) is 3.18. The normalized spacial score (nSPS) is 21.0. The van der Waals surface area contributed by atoms with Crippen LogP contribution in [-0.2, 0) is 11.2 Å². The minimum Gasteiger partial charge on any atom is -0.342 e. The number of hydrogen-bond donors (Lipinski definition) is 0. The molecule has 1 aliphatic heterocycles. The van der Waals surface area contributed by atoms with E-state index in [0.29, 0.717) is 18.4 Å². The quantitative estimate of drug-likeness (QED) is 0.865. The lowest BCUT2D eigenvalue weighted by atomic mass is 9.96. The molecule has 0 bridgehead atoms. The van der Waals surface area contributed by atoms with Crippen LogP contribution in [0.25, 0.3) is 0 Å². The molecule has 0 N–H and O–H groups in total. The molecule has 2 aromatic rings. The molecule has 126 valence electrons. The fourth-order valence-electron chi connectivity index (χ4n) is 3.48. The number of likely N-dealkylation sites (tertiary alicyclic amines) is 1. The highest BCUT2D eigenvalue weighted by molar-refractivity contribution is 5.78. The van der Waals surface area contributed by atoms with Crippen molar-refractivity contribution < 1.29 is 4.79 Å². The van der Waals surface area contributed by atoms with Crippen LogP contribution in [0.4, 0.5) is 0 Å². The number of nitrogens with zero attached hydrogens (tertiary/aromatic N) is 5. The Bertz CT molecular complexity index is 719. The third-order valence-corrected chi connectivity index (χ3v) is 5.01. The lowest BCUT2D eigenvalue weighted by Gasteiger charge is -2.32. The summed E-state index contributed by atoms with van der Waals surface area (Å²) in [6, 6.07) is 4.53. The summed E-state index contributed by atoms with van der Waals surface area (Å²) in [4.78, 5) is 18.9. The first-order valence-corrected chi connectivity index (χ1v) is 8.79. The van der Waals surface area contributed by atoms with E-state index in [4.69, 9.17) is 0 Å². The topological polar surface area (TPSA) is 63.9 Å². The highest BCUT2D eigenvalue weighted by Gasteiger charge is 2.32. The van der Waals surface area contributed by atoms with E-state index in [1.54, 1.807) is 6.20 Å². The van der Waals surface area contributed by atoms with E-state index in [1.807, 2.05) is 30.3 Å². The van der Waals surface area contributed by atoms with E-state index in [0.717, 1.165) is 43.0 Å². The molecule has 24 heavy (non-hydrogen) atoms. The molecule has 0 spiro atoms. The Morgan fingerprint density at radius 3 is 2.92 bits per heavy atom. The molecule has 1 aliphatic carbocycles. The van der Waals surface area contributed by atoms with E-state index >= 15 is 0 Å². The van der Waals surface area contributed by atoms with Crippen molar-refractivity contribution in [2.24, 2.45) is 0 Å². The molecule has 2 aliphatic rings. The van der Waals surface area contributed by atoms with Gasteiger partial charge in [-0.05, 0) is 44.2 Å². The van der Waals surface area contributed by atoms with Crippen molar-refractivity contribution >= 4 is 5.91 Å². The summed E-state index contributed by atoms with van der Waals surface area (Å²) in [6.45, 7) is 3.55. The van der Waals surface area contributed by atoms with Crippen LogP contribution in [0.5, 0.6) is 0 Å². The summed E-state index contributed by atoms with van der Waals surface area (Å²) in [7, 11) is 0. The van der Waals surface area contributed by atoms with Crippen molar-refractivity contribution in [3.05, 3.63) is 41.7 Å². The van der Waals surface area contributed by atoms with Crippen LogP contribution in [0, 0.1) is 6.92 Å². The van der Waals surface area contributed by atoms with E-state index in [1.165, 1.54) is 12.8 Å². The smallest absolute Gasteiger partial charge is 0.227 e. The molecule has 2 fully saturated rings. The highest BCUT2D eigenvalue weighted by Crippen LogP contribution is 2.38. The van der Waals surface area contributed by atoms with Gasteiger partial charge in [-0.15, -0.1) is 10.2 Å². The number of rotatable bonds is 4.